The minimum atomic E-state index is -0.298. The lowest BCUT2D eigenvalue weighted by atomic mass is 10.1. The van der Waals surface area contributed by atoms with Crippen LogP contribution in [0.3, 0.4) is 0 Å². The zero-order valence-electron chi connectivity index (χ0n) is 16.0. The molecule has 6 heteroatoms. The molecule has 0 aliphatic heterocycles. The fourth-order valence-electron chi connectivity index (χ4n) is 2.63. The molecule has 0 radical (unpaired) electrons. The fourth-order valence-corrected chi connectivity index (χ4v) is 2.63. The Bertz CT molecular complexity index is 772. The van der Waals surface area contributed by atoms with Crippen LogP contribution in [0.2, 0.25) is 0 Å². The number of nitrogens with one attached hydrogen (secondary N) is 2. The average Bonchev–Trinajstić information content (AvgIpc) is 2.67. The predicted molar refractivity (Wildman–Crippen MR) is 104 cm³/mol. The average molecular weight is 370 g/mol. The summed E-state index contributed by atoms with van der Waals surface area (Å²) in [6.07, 6.45) is 0.656. The summed E-state index contributed by atoms with van der Waals surface area (Å²) in [5, 5.41) is 5.42. The molecule has 144 valence electrons. The van der Waals surface area contributed by atoms with Gasteiger partial charge in [0.05, 0.1) is 20.3 Å². The van der Waals surface area contributed by atoms with E-state index in [0.717, 1.165) is 16.9 Å². The molecule has 2 rings (SSSR count). The highest BCUT2D eigenvalue weighted by Crippen LogP contribution is 2.19. The van der Waals surface area contributed by atoms with Crippen LogP contribution < -0.4 is 20.1 Å². The third kappa shape index (κ3) is 6.33. The van der Waals surface area contributed by atoms with Crippen LogP contribution in [0.1, 0.15) is 28.4 Å². The standard InChI is InChI=1S/C21H26N2O4/c1-4-27-18-8-6-16(7-9-18)21(25)23-14-20(24)22-12-11-17-13-15(2)5-10-19(17)26-3/h5-10,13H,4,11-12,14H2,1-3H3,(H,22,24)(H,23,25). The molecular weight excluding hydrogens is 344 g/mol. The van der Waals surface area contributed by atoms with Gasteiger partial charge in [0.15, 0.2) is 0 Å². The van der Waals surface area contributed by atoms with Crippen molar-refractivity contribution in [1.29, 1.82) is 0 Å². The molecule has 0 atom stereocenters. The summed E-state index contributed by atoms with van der Waals surface area (Å²) in [5.41, 5.74) is 2.66. The van der Waals surface area contributed by atoms with Gasteiger partial charge in [0, 0.05) is 12.1 Å². The van der Waals surface area contributed by atoms with E-state index in [4.69, 9.17) is 9.47 Å². The summed E-state index contributed by atoms with van der Waals surface area (Å²) in [7, 11) is 1.63. The molecule has 0 bridgehead atoms. The number of methoxy groups -OCH3 is 1. The van der Waals surface area contributed by atoms with E-state index in [1.165, 1.54) is 0 Å². The topological polar surface area (TPSA) is 76.7 Å². The van der Waals surface area contributed by atoms with Gasteiger partial charge < -0.3 is 20.1 Å². The van der Waals surface area contributed by atoms with E-state index in [2.05, 4.69) is 10.6 Å². The second-order valence-electron chi connectivity index (χ2n) is 6.06. The minimum Gasteiger partial charge on any atom is -0.496 e. The SMILES string of the molecule is CCOc1ccc(C(=O)NCC(=O)NCCc2cc(C)ccc2OC)cc1. The fraction of sp³-hybridized carbons (Fsp3) is 0.333. The van der Waals surface area contributed by atoms with Gasteiger partial charge in [-0.25, -0.2) is 0 Å². The van der Waals surface area contributed by atoms with Crippen molar-refractivity contribution in [2.75, 3.05) is 26.8 Å². The maximum absolute atomic E-state index is 12.1. The van der Waals surface area contributed by atoms with Gasteiger partial charge >= 0.3 is 0 Å². The molecule has 0 aliphatic carbocycles. The number of carbonyl (C=O) groups is 2. The van der Waals surface area contributed by atoms with E-state index in [-0.39, 0.29) is 18.4 Å². The van der Waals surface area contributed by atoms with Crippen LogP contribution in [0, 0.1) is 6.92 Å². The van der Waals surface area contributed by atoms with Crippen LogP contribution in [0.15, 0.2) is 42.5 Å². The van der Waals surface area contributed by atoms with Crippen LogP contribution in [-0.4, -0.2) is 38.6 Å². The summed E-state index contributed by atoms with van der Waals surface area (Å²) < 4.78 is 10.7. The molecule has 27 heavy (non-hydrogen) atoms. The Balaban J connectivity index is 1.76. The van der Waals surface area contributed by atoms with Gasteiger partial charge in [-0.2, -0.15) is 0 Å². The highest BCUT2D eigenvalue weighted by molar-refractivity contribution is 5.96. The zero-order chi connectivity index (χ0) is 19.6. The zero-order valence-corrected chi connectivity index (χ0v) is 16.0. The van der Waals surface area contributed by atoms with E-state index in [9.17, 15) is 9.59 Å². The Hall–Kier alpha value is -3.02. The first-order chi connectivity index (χ1) is 13.0. The summed E-state index contributed by atoms with van der Waals surface area (Å²) in [6, 6.07) is 12.7. The van der Waals surface area contributed by atoms with E-state index < -0.39 is 0 Å². The van der Waals surface area contributed by atoms with Crippen LogP contribution in [0.4, 0.5) is 0 Å². The van der Waals surface area contributed by atoms with Crippen LogP contribution in [0.25, 0.3) is 0 Å². The summed E-state index contributed by atoms with van der Waals surface area (Å²) >= 11 is 0. The van der Waals surface area contributed by atoms with Gasteiger partial charge in [-0.05, 0) is 56.2 Å². The highest BCUT2D eigenvalue weighted by Gasteiger charge is 2.09. The minimum absolute atomic E-state index is 0.0724. The first-order valence-corrected chi connectivity index (χ1v) is 8.94. The maximum Gasteiger partial charge on any atom is 0.251 e. The molecule has 2 N–H and O–H groups in total. The van der Waals surface area contributed by atoms with Crippen molar-refractivity contribution in [3.8, 4) is 11.5 Å². The molecule has 0 aromatic heterocycles. The Kier molecular flexibility index (Phi) is 7.67. The van der Waals surface area contributed by atoms with Gasteiger partial charge in [0.1, 0.15) is 11.5 Å². The molecular formula is C21H26N2O4. The monoisotopic (exact) mass is 370 g/mol. The van der Waals surface area contributed by atoms with Crippen molar-refractivity contribution in [2.24, 2.45) is 0 Å². The van der Waals surface area contributed by atoms with Gasteiger partial charge in [-0.3, -0.25) is 9.59 Å². The molecule has 0 saturated heterocycles. The lowest BCUT2D eigenvalue weighted by Crippen LogP contribution is -2.37. The Morgan fingerprint density at radius 1 is 1.04 bits per heavy atom. The van der Waals surface area contributed by atoms with Crippen molar-refractivity contribution in [3.05, 3.63) is 59.2 Å². The van der Waals surface area contributed by atoms with Crippen molar-refractivity contribution in [3.63, 3.8) is 0 Å². The highest BCUT2D eigenvalue weighted by atomic mass is 16.5. The third-order valence-electron chi connectivity index (χ3n) is 3.99. The third-order valence-corrected chi connectivity index (χ3v) is 3.99. The summed E-state index contributed by atoms with van der Waals surface area (Å²) in [6.45, 7) is 4.88. The Morgan fingerprint density at radius 2 is 1.78 bits per heavy atom. The summed E-state index contributed by atoms with van der Waals surface area (Å²) in [5.74, 6) is 0.978. The van der Waals surface area contributed by atoms with Gasteiger partial charge in [0.2, 0.25) is 5.91 Å². The smallest absolute Gasteiger partial charge is 0.251 e. The van der Waals surface area contributed by atoms with Crippen molar-refractivity contribution >= 4 is 11.8 Å². The lowest BCUT2D eigenvalue weighted by molar-refractivity contribution is -0.120. The second-order valence-corrected chi connectivity index (χ2v) is 6.06. The molecule has 0 aliphatic rings. The molecule has 0 unspecified atom stereocenters. The normalized spacial score (nSPS) is 10.2. The van der Waals surface area contributed by atoms with E-state index >= 15 is 0 Å². The molecule has 0 heterocycles. The van der Waals surface area contributed by atoms with Crippen molar-refractivity contribution in [2.45, 2.75) is 20.3 Å². The molecule has 2 aromatic rings. The van der Waals surface area contributed by atoms with Crippen LogP contribution in [0.5, 0.6) is 11.5 Å². The number of ether oxygens (including phenoxy) is 2. The predicted octanol–water partition coefficient (Wildman–Crippen LogP) is 2.49. The van der Waals surface area contributed by atoms with Gasteiger partial charge in [-0.15, -0.1) is 0 Å². The van der Waals surface area contributed by atoms with Crippen LogP contribution >= 0.6 is 0 Å². The molecule has 0 fully saturated rings. The van der Waals surface area contributed by atoms with E-state index in [1.54, 1.807) is 31.4 Å². The van der Waals surface area contributed by atoms with Crippen molar-refractivity contribution < 1.29 is 19.1 Å². The number of amides is 2. The maximum atomic E-state index is 12.1. The lowest BCUT2D eigenvalue weighted by Gasteiger charge is -2.11. The number of aryl methyl sites for hydroxylation is 1. The first-order valence-electron chi connectivity index (χ1n) is 8.94. The summed E-state index contributed by atoms with van der Waals surface area (Å²) in [4.78, 5) is 24.0. The molecule has 2 amide bonds. The van der Waals surface area contributed by atoms with E-state index in [1.807, 2.05) is 32.0 Å². The van der Waals surface area contributed by atoms with Gasteiger partial charge in [0.25, 0.3) is 5.91 Å². The number of hydrogen-bond acceptors (Lipinski definition) is 4. The molecule has 0 spiro atoms. The van der Waals surface area contributed by atoms with E-state index in [0.29, 0.717) is 30.9 Å². The molecule has 2 aromatic carbocycles. The van der Waals surface area contributed by atoms with Gasteiger partial charge in [-0.1, -0.05) is 17.7 Å². The largest absolute Gasteiger partial charge is 0.496 e. The molecule has 6 nitrogen and oxygen atoms in total. The Labute approximate surface area is 159 Å². The molecule has 0 saturated carbocycles. The number of rotatable bonds is 9. The number of hydrogen-bond donors (Lipinski definition) is 2. The quantitative estimate of drug-likeness (QED) is 0.711. The second kappa shape index (κ2) is 10.2. The Morgan fingerprint density at radius 3 is 2.44 bits per heavy atom. The van der Waals surface area contributed by atoms with Crippen molar-refractivity contribution in [1.82, 2.24) is 10.6 Å². The van der Waals surface area contributed by atoms with Crippen LogP contribution in [-0.2, 0) is 11.2 Å². The number of carbonyl (C=O) groups excluding carboxylic acids is 2. The first kappa shape index (κ1) is 20.3. The number of benzene rings is 2.